The van der Waals surface area contributed by atoms with E-state index in [0.717, 1.165) is 24.0 Å². The molecule has 0 saturated carbocycles. The highest BCUT2D eigenvalue weighted by atomic mass is 16.6. The molecule has 0 fully saturated rings. The molecule has 0 N–H and O–H groups in total. The van der Waals surface area contributed by atoms with Gasteiger partial charge in [-0.15, -0.1) is 0 Å². The number of amides is 1. The standard InChI is InChI=1S/C16H20N2O2/c1-16(2,3)20-15(19)18-8-4-5-13-9-12(10-17)6-7-14(13)11-18/h6-7,9H,4-5,8,11H2,1-3H3. The zero-order valence-corrected chi connectivity index (χ0v) is 12.3. The summed E-state index contributed by atoms with van der Waals surface area (Å²) in [6.45, 7) is 6.85. The van der Waals surface area contributed by atoms with Crippen molar-refractivity contribution in [2.75, 3.05) is 6.54 Å². The first kappa shape index (κ1) is 14.4. The van der Waals surface area contributed by atoms with Gasteiger partial charge >= 0.3 is 6.09 Å². The van der Waals surface area contributed by atoms with Gasteiger partial charge in [-0.3, -0.25) is 0 Å². The molecule has 1 aliphatic rings. The maximum Gasteiger partial charge on any atom is 0.410 e. The third-order valence-electron chi connectivity index (χ3n) is 3.22. The van der Waals surface area contributed by atoms with E-state index in [1.54, 1.807) is 11.0 Å². The van der Waals surface area contributed by atoms with Gasteiger partial charge in [0, 0.05) is 13.1 Å². The highest BCUT2D eigenvalue weighted by Crippen LogP contribution is 2.21. The van der Waals surface area contributed by atoms with Gasteiger partial charge in [0.1, 0.15) is 5.60 Å². The van der Waals surface area contributed by atoms with E-state index in [2.05, 4.69) is 6.07 Å². The van der Waals surface area contributed by atoms with Crippen molar-refractivity contribution in [1.29, 1.82) is 5.26 Å². The summed E-state index contributed by atoms with van der Waals surface area (Å²) in [6, 6.07) is 7.83. The molecule has 0 saturated heterocycles. The Morgan fingerprint density at radius 2 is 2.10 bits per heavy atom. The average Bonchev–Trinajstić information content (AvgIpc) is 2.57. The lowest BCUT2D eigenvalue weighted by atomic mass is 10.0. The van der Waals surface area contributed by atoms with Crippen LogP contribution >= 0.6 is 0 Å². The average molecular weight is 272 g/mol. The number of nitrogens with zero attached hydrogens (tertiary/aromatic N) is 2. The van der Waals surface area contributed by atoms with Crippen LogP contribution in [0, 0.1) is 11.3 Å². The van der Waals surface area contributed by atoms with Crippen LogP contribution in [0.5, 0.6) is 0 Å². The van der Waals surface area contributed by atoms with Crippen molar-refractivity contribution in [2.24, 2.45) is 0 Å². The lowest BCUT2D eigenvalue weighted by Gasteiger charge is -2.26. The Balaban J connectivity index is 2.16. The van der Waals surface area contributed by atoms with E-state index in [4.69, 9.17) is 10.00 Å². The van der Waals surface area contributed by atoms with Gasteiger partial charge in [-0.2, -0.15) is 5.26 Å². The van der Waals surface area contributed by atoms with Crippen molar-refractivity contribution in [3.8, 4) is 6.07 Å². The fourth-order valence-corrected chi connectivity index (χ4v) is 2.31. The zero-order valence-electron chi connectivity index (χ0n) is 12.3. The smallest absolute Gasteiger partial charge is 0.410 e. The second-order valence-corrected chi connectivity index (χ2v) is 6.10. The fourth-order valence-electron chi connectivity index (χ4n) is 2.31. The Morgan fingerprint density at radius 1 is 1.35 bits per heavy atom. The molecule has 1 aromatic carbocycles. The molecule has 0 spiro atoms. The van der Waals surface area contributed by atoms with Gasteiger partial charge in [-0.1, -0.05) is 6.07 Å². The summed E-state index contributed by atoms with van der Waals surface area (Å²) in [5.41, 5.74) is 2.47. The summed E-state index contributed by atoms with van der Waals surface area (Å²) < 4.78 is 5.43. The molecule has 2 rings (SSSR count). The number of nitriles is 1. The summed E-state index contributed by atoms with van der Waals surface area (Å²) in [7, 11) is 0. The van der Waals surface area contributed by atoms with E-state index in [0.29, 0.717) is 18.7 Å². The van der Waals surface area contributed by atoms with Crippen molar-refractivity contribution in [3.63, 3.8) is 0 Å². The number of fused-ring (bicyclic) bond motifs is 1. The van der Waals surface area contributed by atoms with Crippen LogP contribution in [-0.4, -0.2) is 23.1 Å². The predicted octanol–water partition coefficient (Wildman–Crippen LogP) is 3.24. The Hall–Kier alpha value is -2.02. The summed E-state index contributed by atoms with van der Waals surface area (Å²) in [6.07, 6.45) is 1.51. The minimum atomic E-state index is -0.475. The summed E-state index contributed by atoms with van der Waals surface area (Å²) in [5.74, 6) is 0. The molecule has 0 bridgehead atoms. The van der Waals surface area contributed by atoms with Crippen molar-refractivity contribution in [2.45, 2.75) is 45.8 Å². The van der Waals surface area contributed by atoms with Gasteiger partial charge in [0.2, 0.25) is 0 Å². The SMILES string of the molecule is CC(C)(C)OC(=O)N1CCCc2cc(C#N)ccc2C1. The monoisotopic (exact) mass is 272 g/mol. The van der Waals surface area contributed by atoms with Crippen molar-refractivity contribution in [3.05, 3.63) is 34.9 Å². The molecule has 0 atom stereocenters. The van der Waals surface area contributed by atoms with E-state index in [9.17, 15) is 4.79 Å². The lowest BCUT2D eigenvalue weighted by molar-refractivity contribution is 0.0237. The number of hydrogen-bond donors (Lipinski definition) is 0. The van der Waals surface area contributed by atoms with Gasteiger partial charge in [0.15, 0.2) is 0 Å². The number of benzene rings is 1. The molecule has 4 heteroatoms. The summed E-state index contributed by atoms with van der Waals surface area (Å²) in [4.78, 5) is 13.9. The molecule has 1 amide bonds. The van der Waals surface area contributed by atoms with Crippen molar-refractivity contribution >= 4 is 6.09 Å². The Kier molecular flexibility index (Phi) is 3.99. The van der Waals surface area contributed by atoms with Crippen LogP contribution in [0.1, 0.15) is 43.9 Å². The topological polar surface area (TPSA) is 53.3 Å². The van der Waals surface area contributed by atoms with Crippen LogP contribution in [0.25, 0.3) is 0 Å². The predicted molar refractivity (Wildman–Crippen MR) is 76.1 cm³/mol. The first-order valence-corrected chi connectivity index (χ1v) is 6.89. The number of carbonyl (C=O) groups excluding carboxylic acids is 1. The van der Waals surface area contributed by atoms with E-state index >= 15 is 0 Å². The van der Waals surface area contributed by atoms with Crippen molar-refractivity contribution in [1.82, 2.24) is 4.90 Å². The first-order valence-electron chi connectivity index (χ1n) is 6.89. The first-order chi connectivity index (χ1) is 9.39. The highest BCUT2D eigenvalue weighted by molar-refractivity contribution is 5.68. The zero-order chi connectivity index (χ0) is 14.8. The molecule has 0 aliphatic carbocycles. The normalized spacial score (nSPS) is 15.0. The summed E-state index contributed by atoms with van der Waals surface area (Å²) >= 11 is 0. The Bertz CT molecular complexity index is 553. The Labute approximate surface area is 120 Å². The molecule has 0 radical (unpaired) electrons. The van der Waals surface area contributed by atoms with E-state index in [1.165, 1.54) is 0 Å². The molecule has 1 heterocycles. The minimum Gasteiger partial charge on any atom is -0.444 e. The number of rotatable bonds is 0. The van der Waals surface area contributed by atoms with E-state index in [-0.39, 0.29) is 6.09 Å². The third-order valence-corrected chi connectivity index (χ3v) is 3.22. The van der Waals surface area contributed by atoms with Gasteiger partial charge in [-0.05, 0) is 56.9 Å². The number of ether oxygens (including phenoxy) is 1. The van der Waals surface area contributed by atoms with Crippen LogP contribution < -0.4 is 0 Å². The van der Waals surface area contributed by atoms with Gasteiger partial charge < -0.3 is 9.64 Å². The quantitative estimate of drug-likeness (QED) is 0.728. The number of hydrogen-bond acceptors (Lipinski definition) is 3. The second kappa shape index (κ2) is 5.54. The highest BCUT2D eigenvalue weighted by Gasteiger charge is 2.24. The maximum absolute atomic E-state index is 12.2. The molecule has 20 heavy (non-hydrogen) atoms. The number of carbonyl (C=O) groups is 1. The molecule has 1 aromatic rings. The third kappa shape index (κ3) is 3.51. The molecule has 0 aromatic heterocycles. The van der Waals surface area contributed by atoms with Gasteiger partial charge in [-0.25, -0.2) is 4.79 Å². The molecule has 0 unspecified atom stereocenters. The fraction of sp³-hybridized carbons (Fsp3) is 0.500. The van der Waals surface area contributed by atoms with Crippen LogP contribution in [0.2, 0.25) is 0 Å². The number of aryl methyl sites for hydroxylation is 1. The molecule has 106 valence electrons. The maximum atomic E-state index is 12.2. The molecule has 4 nitrogen and oxygen atoms in total. The van der Waals surface area contributed by atoms with Gasteiger partial charge in [0.25, 0.3) is 0 Å². The van der Waals surface area contributed by atoms with Crippen LogP contribution in [0.4, 0.5) is 4.79 Å². The lowest BCUT2D eigenvalue weighted by Crippen LogP contribution is -2.36. The van der Waals surface area contributed by atoms with E-state index in [1.807, 2.05) is 32.9 Å². The van der Waals surface area contributed by atoms with Crippen LogP contribution in [-0.2, 0) is 17.7 Å². The van der Waals surface area contributed by atoms with Gasteiger partial charge in [0.05, 0.1) is 11.6 Å². The van der Waals surface area contributed by atoms with E-state index < -0.39 is 5.60 Å². The summed E-state index contributed by atoms with van der Waals surface area (Å²) in [5, 5.41) is 8.94. The molecule has 1 aliphatic heterocycles. The van der Waals surface area contributed by atoms with Crippen LogP contribution in [0.3, 0.4) is 0 Å². The Morgan fingerprint density at radius 3 is 2.75 bits per heavy atom. The second-order valence-electron chi connectivity index (χ2n) is 6.10. The molecular formula is C16H20N2O2. The van der Waals surface area contributed by atoms with Crippen molar-refractivity contribution < 1.29 is 9.53 Å². The van der Waals surface area contributed by atoms with Crippen LogP contribution in [0.15, 0.2) is 18.2 Å². The molecular weight excluding hydrogens is 252 g/mol. The largest absolute Gasteiger partial charge is 0.444 e. The minimum absolute atomic E-state index is 0.269.